The Morgan fingerprint density at radius 1 is 1.02 bits per heavy atom. The van der Waals surface area contributed by atoms with Crippen LogP contribution in [-0.4, -0.2) is 107 Å². The molecule has 0 bridgehead atoms. The number of fused-ring (bicyclic) bond motifs is 2. The summed E-state index contributed by atoms with van der Waals surface area (Å²) in [6, 6.07) is 12.9. The summed E-state index contributed by atoms with van der Waals surface area (Å²) in [4.78, 5) is 49.7. The highest BCUT2D eigenvalue weighted by Crippen LogP contribution is 2.46. The molecular formula is C31H39ClFN3O8. The van der Waals surface area contributed by atoms with Crippen molar-refractivity contribution in [1.29, 1.82) is 0 Å². The Kier molecular flexibility index (Phi) is 11.3. The first-order valence-corrected chi connectivity index (χ1v) is 14.5. The Bertz CT molecular complexity index is 1360. The second-order valence-corrected chi connectivity index (χ2v) is 12.2. The fourth-order valence-electron chi connectivity index (χ4n) is 6.03. The van der Waals surface area contributed by atoms with E-state index in [1.807, 2.05) is 44.4 Å². The van der Waals surface area contributed by atoms with Crippen molar-refractivity contribution in [3.05, 3.63) is 64.4 Å². The third-order valence-corrected chi connectivity index (χ3v) is 8.64. The number of carbonyl (C=O) groups excluding carboxylic acids is 1. The number of nitrogens with zero attached hydrogens (tertiary/aromatic N) is 3. The van der Waals surface area contributed by atoms with E-state index in [-0.39, 0.29) is 23.1 Å². The van der Waals surface area contributed by atoms with Gasteiger partial charge in [-0.05, 0) is 67.7 Å². The highest BCUT2D eigenvalue weighted by Gasteiger charge is 2.44. The molecule has 2 heterocycles. The van der Waals surface area contributed by atoms with Gasteiger partial charge in [0.1, 0.15) is 5.82 Å². The zero-order chi connectivity index (χ0) is 32.8. The summed E-state index contributed by atoms with van der Waals surface area (Å²) in [5, 5.41) is 34.5. The summed E-state index contributed by atoms with van der Waals surface area (Å²) in [5.74, 6) is -5.19. The smallest absolute Gasteiger partial charge is 0.336 e. The Hall–Kier alpha value is -3.74. The lowest BCUT2D eigenvalue weighted by Crippen LogP contribution is -2.48. The molecule has 2 aromatic carbocycles. The van der Waals surface area contributed by atoms with Crippen LogP contribution in [0.15, 0.2) is 42.5 Å². The number of aliphatic carboxylic acids is 3. The molecule has 44 heavy (non-hydrogen) atoms. The lowest BCUT2D eigenvalue weighted by Gasteiger charge is -2.41. The molecule has 1 unspecified atom stereocenters. The summed E-state index contributed by atoms with van der Waals surface area (Å²) < 4.78 is 14.0. The number of aliphatic hydroxyl groups is 1. The van der Waals surface area contributed by atoms with Crippen molar-refractivity contribution < 1.29 is 44.0 Å². The number of amides is 1. The van der Waals surface area contributed by atoms with Gasteiger partial charge in [-0.1, -0.05) is 29.8 Å². The SMILES string of the molecule is CN(C)C(=O)C(Cc1ccccc1Cl)CN1CCC2(CC1)CN(C)c1ccc(F)cc12.O=C(O)CC(O)(CC(=O)O)C(=O)O. The second kappa shape index (κ2) is 14.4. The Balaban J connectivity index is 0.000000345. The number of benzene rings is 2. The van der Waals surface area contributed by atoms with Gasteiger partial charge in [-0.2, -0.15) is 0 Å². The molecule has 4 rings (SSSR count). The van der Waals surface area contributed by atoms with Gasteiger partial charge in [-0.25, -0.2) is 9.18 Å². The quantitative estimate of drug-likeness (QED) is 0.306. The molecule has 11 nitrogen and oxygen atoms in total. The molecule has 0 aromatic heterocycles. The van der Waals surface area contributed by atoms with Crippen LogP contribution in [0.25, 0.3) is 0 Å². The number of anilines is 1. The van der Waals surface area contributed by atoms with Gasteiger partial charge in [0.2, 0.25) is 5.91 Å². The van der Waals surface area contributed by atoms with Gasteiger partial charge >= 0.3 is 17.9 Å². The van der Waals surface area contributed by atoms with Crippen LogP contribution < -0.4 is 4.90 Å². The van der Waals surface area contributed by atoms with Crippen molar-refractivity contribution >= 4 is 41.1 Å². The van der Waals surface area contributed by atoms with E-state index in [9.17, 15) is 23.6 Å². The predicted molar refractivity (Wildman–Crippen MR) is 161 cm³/mol. The number of carboxylic acids is 3. The number of halogens is 2. The van der Waals surface area contributed by atoms with E-state index in [0.717, 1.165) is 49.3 Å². The number of likely N-dealkylation sites (tertiary alicyclic amines) is 1. The average Bonchev–Trinajstić information content (AvgIpc) is 3.19. The second-order valence-electron chi connectivity index (χ2n) is 11.8. The normalized spacial score (nSPS) is 16.5. The van der Waals surface area contributed by atoms with Crippen LogP contribution in [0.1, 0.15) is 36.8 Å². The lowest BCUT2D eigenvalue weighted by atomic mass is 9.74. The Morgan fingerprint density at radius 2 is 1.61 bits per heavy atom. The van der Waals surface area contributed by atoms with Crippen LogP contribution in [0.3, 0.4) is 0 Å². The summed E-state index contributed by atoms with van der Waals surface area (Å²) >= 11 is 6.38. The van der Waals surface area contributed by atoms with Gasteiger partial charge in [0.15, 0.2) is 5.60 Å². The van der Waals surface area contributed by atoms with Crippen molar-refractivity contribution in [2.24, 2.45) is 5.92 Å². The minimum absolute atomic E-state index is 0.00642. The van der Waals surface area contributed by atoms with Crippen LogP contribution in [0.5, 0.6) is 0 Å². The first kappa shape index (κ1) is 34.7. The van der Waals surface area contributed by atoms with Crippen LogP contribution in [0.2, 0.25) is 5.02 Å². The van der Waals surface area contributed by atoms with E-state index >= 15 is 0 Å². The van der Waals surface area contributed by atoms with E-state index in [1.165, 1.54) is 0 Å². The van der Waals surface area contributed by atoms with Crippen molar-refractivity contribution in [2.75, 3.05) is 52.2 Å². The largest absolute Gasteiger partial charge is 0.481 e. The third kappa shape index (κ3) is 8.46. The topological polar surface area (TPSA) is 159 Å². The number of hydrogen-bond acceptors (Lipinski definition) is 7. The number of carboxylic acid groups (broad SMARTS) is 3. The van der Waals surface area contributed by atoms with E-state index in [2.05, 4.69) is 16.8 Å². The molecule has 0 aliphatic carbocycles. The third-order valence-electron chi connectivity index (χ3n) is 8.27. The van der Waals surface area contributed by atoms with E-state index in [4.69, 9.17) is 32.0 Å². The number of piperidine rings is 1. The molecule has 1 fully saturated rings. The van der Waals surface area contributed by atoms with Gasteiger partial charge in [-0.3, -0.25) is 14.4 Å². The number of carbonyl (C=O) groups is 4. The maximum atomic E-state index is 14.0. The molecule has 0 radical (unpaired) electrons. The summed E-state index contributed by atoms with van der Waals surface area (Å²) in [7, 11) is 5.72. The summed E-state index contributed by atoms with van der Waals surface area (Å²) in [6.07, 6.45) is 0.296. The van der Waals surface area contributed by atoms with E-state index in [0.29, 0.717) is 18.0 Å². The van der Waals surface area contributed by atoms with Crippen molar-refractivity contribution in [3.8, 4) is 0 Å². The zero-order valence-corrected chi connectivity index (χ0v) is 25.8. The molecule has 2 aromatic rings. The minimum atomic E-state index is -2.74. The summed E-state index contributed by atoms with van der Waals surface area (Å²) in [6.45, 7) is 3.45. The highest BCUT2D eigenvalue weighted by atomic mass is 35.5. The Labute approximate surface area is 260 Å². The molecule has 1 spiro atoms. The monoisotopic (exact) mass is 635 g/mol. The molecule has 1 atom stereocenters. The molecule has 1 amide bonds. The molecule has 2 aliphatic heterocycles. The van der Waals surface area contributed by atoms with Crippen molar-refractivity contribution in [2.45, 2.75) is 43.1 Å². The highest BCUT2D eigenvalue weighted by molar-refractivity contribution is 6.31. The maximum absolute atomic E-state index is 14.0. The summed E-state index contributed by atoms with van der Waals surface area (Å²) in [5.41, 5.74) is 0.574. The number of likely N-dealkylation sites (N-methyl/N-ethyl adjacent to an activating group) is 1. The standard InChI is InChI=1S/C25H31ClFN3O.C6H8O7/c1-28(2)24(31)19(14-18-6-4-5-7-22(18)26)16-30-12-10-25(11-13-30)17-29(3)23-9-8-20(27)15-21(23)25;7-3(8)1-6(13,5(11)12)2-4(9)10/h4-9,15,19H,10-14,16-17H2,1-3H3;13H,1-2H2,(H,7,8)(H,9,10)(H,11,12). The van der Waals surface area contributed by atoms with Gasteiger partial charge in [0.25, 0.3) is 0 Å². The fourth-order valence-corrected chi connectivity index (χ4v) is 6.24. The van der Waals surface area contributed by atoms with Crippen LogP contribution in [-0.2, 0) is 31.0 Å². The molecule has 1 saturated heterocycles. The average molecular weight is 636 g/mol. The number of rotatable bonds is 10. The van der Waals surface area contributed by atoms with Crippen molar-refractivity contribution in [1.82, 2.24) is 9.80 Å². The lowest BCUT2D eigenvalue weighted by molar-refractivity contribution is -0.170. The molecule has 2 aliphatic rings. The zero-order valence-electron chi connectivity index (χ0n) is 25.0. The van der Waals surface area contributed by atoms with Crippen LogP contribution in [0.4, 0.5) is 10.1 Å². The Morgan fingerprint density at radius 3 is 2.14 bits per heavy atom. The fraction of sp³-hybridized carbons (Fsp3) is 0.484. The number of hydrogen-bond donors (Lipinski definition) is 4. The minimum Gasteiger partial charge on any atom is -0.481 e. The predicted octanol–water partition coefficient (Wildman–Crippen LogP) is 2.96. The first-order valence-electron chi connectivity index (χ1n) is 14.1. The van der Waals surface area contributed by atoms with Gasteiger partial charge in [-0.15, -0.1) is 0 Å². The first-order chi connectivity index (χ1) is 20.6. The molecule has 0 saturated carbocycles. The molecule has 240 valence electrons. The van der Waals surface area contributed by atoms with Crippen LogP contribution in [0, 0.1) is 11.7 Å². The van der Waals surface area contributed by atoms with E-state index < -0.39 is 36.4 Å². The van der Waals surface area contributed by atoms with Gasteiger partial charge < -0.3 is 35.1 Å². The van der Waals surface area contributed by atoms with E-state index in [1.54, 1.807) is 17.0 Å². The molecule has 13 heteroatoms. The maximum Gasteiger partial charge on any atom is 0.336 e. The van der Waals surface area contributed by atoms with Crippen molar-refractivity contribution in [3.63, 3.8) is 0 Å². The van der Waals surface area contributed by atoms with Gasteiger partial charge in [0.05, 0.1) is 18.8 Å². The molecular weight excluding hydrogens is 597 g/mol. The molecule has 4 N–H and O–H groups in total. The van der Waals surface area contributed by atoms with Crippen LogP contribution >= 0.6 is 11.6 Å². The van der Waals surface area contributed by atoms with Gasteiger partial charge in [0, 0.05) is 50.4 Å².